The number of benzene rings is 1. The molecule has 0 aliphatic carbocycles. The predicted molar refractivity (Wildman–Crippen MR) is 60.8 cm³/mol. The van der Waals surface area contributed by atoms with Crippen molar-refractivity contribution < 1.29 is 31.1 Å². The summed E-state index contributed by atoms with van der Waals surface area (Å²) in [4.78, 5) is 0. The van der Waals surface area contributed by atoms with Crippen molar-refractivity contribution in [2.45, 2.75) is 12.4 Å². The Morgan fingerprint density at radius 1 is 0.857 bits per heavy atom. The number of aromatic nitrogens is 1. The van der Waals surface area contributed by atoms with Crippen molar-refractivity contribution in [2.24, 2.45) is 0 Å². The van der Waals surface area contributed by atoms with Gasteiger partial charge < -0.3 is 5.21 Å². The number of pyridine rings is 1. The molecule has 2 rings (SSSR count). The molecule has 0 spiro atoms. The first-order chi connectivity index (χ1) is 9.60. The monoisotopic (exact) mass is 307 g/mol. The standard InChI is InChI=1S/C13H7F6NO/c14-12(15,16)8-4-5-9(10(7-8)13(17,18)19)11-3-1-2-6-20(11)21/h1-7H. The fraction of sp³-hybridized carbons (Fsp3) is 0.154. The molecule has 0 bridgehead atoms. The Morgan fingerprint density at radius 3 is 2.05 bits per heavy atom. The minimum absolute atomic E-state index is 0.00231. The van der Waals surface area contributed by atoms with Crippen LogP contribution in [0.3, 0.4) is 0 Å². The van der Waals surface area contributed by atoms with Crippen molar-refractivity contribution in [1.82, 2.24) is 0 Å². The normalized spacial score (nSPS) is 12.5. The molecule has 0 radical (unpaired) electrons. The van der Waals surface area contributed by atoms with E-state index in [9.17, 15) is 31.5 Å². The van der Waals surface area contributed by atoms with Gasteiger partial charge in [-0.25, -0.2) is 0 Å². The second-order valence-electron chi connectivity index (χ2n) is 4.17. The van der Waals surface area contributed by atoms with Gasteiger partial charge in [-0.3, -0.25) is 0 Å². The van der Waals surface area contributed by atoms with E-state index in [1.165, 1.54) is 12.1 Å². The van der Waals surface area contributed by atoms with Crippen LogP contribution in [0.25, 0.3) is 11.3 Å². The van der Waals surface area contributed by atoms with Crippen LogP contribution in [0.15, 0.2) is 42.6 Å². The molecule has 112 valence electrons. The van der Waals surface area contributed by atoms with Crippen molar-refractivity contribution in [3.05, 3.63) is 58.9 Å². The molecule has 0 aliphatic rings. The number of halogens is 6. The topological polar surface area (TPSA) is 26.9 Å². The SMILES string of the molecule is [O-][n+]1ccccc1-c1ccc(C(F)(F)F)cc1C(F)(F)F. The van der Waals surface area contributed by atoms with Crippen LogP contribution >= 0.6 is 0 Å². The molecule has 0 aliphatic heterocycles. The summed E-state index contributed by atoms with van der Waals surface area (Å²) in [5.74, 6) is 0. The zero-order valence-electron chi connectivity index (χ0n) is 10.2. The van der Waals surface area contributed by atoms with Crippen molar-refractivity contribution in [2.75, 3.05) is 0 Å². The van der Waals surface area contributed by atoms with E-state index < -0.39 is 29.0 Å². The highest BCUT2D eigenvalue weighted by Gasteiger charge is 2.39. The first-order valence-electron chi connectivity index (χ1n) is 5.57. The minimum Gasteiger partial charge on any atom is -0.618 e. The summed E-state index contributed by atoms with van der Waals surface area (Å²) in [7, 11) is 0. The van der Waals surface area contributed by atoms with Gasteiger partial charge in [0.15, 0.2) is 6.20 Å². The molecule has 1 heterocycles. The maximum Gasteiger partial charge on any atom is 0.417 e. The average Bonchev–Trinajstić information content (AvgIpc) is 2.36. The van der Waals surface area contributed by atoms with E-state index in [2.05, 4.69) is 0 Å². The van der Waals surface area contributed by atoms with Crippen LogP contribution in [-0.2, 0) is 12.4 Å². The van der Waals surface area contributed by atoms with Crippen LogP contribution in [0.4, 0.5) is 26.3 Å². The van der Waals surface area contributed by atoms with Gasteiger partial charge in [0, 0.05) is 12.1 Å². The molecular weight excluding hydrogens is 300 g/mol. The Balaban J connectivity index is 2.70. The lowest BCUT2D eigenvalue weighted by Crippen LogP contribution is -2.29. The molecule has 1 aromatic heterocycles. The molecule has 2 nitrogen and oxygen atoms in total. The van der Waals surface area contributed by atoms with E-state index in [1.54, 1.807) is 0 Å². The highest BCUT2D eigenvalue weighted by Crippen LogP contribution is 2.40. The van der Waals surface area contributed by atoms with Gasteiger partial charge in [0.05, 0.1) is 16.7 Å². The molecule has 0 amide bonds. The second kappa shape index (κ2) is 4.94. The molecule has 8 heteroatoms. The summed E-state index contributed by atoms with van der Waals surface area (Å²) in [6.45, 7) is 0. The number of alkyl halides is 6. The molecule has 2 aromatic rings. The lowest BCUT2D eigenvalue weighted by Gasteiger charge is -2.15. The third kappa shape index (κ3) is 3.09. The minimum atomic E-state index is -5.01. The third-order valence-electron chi connectivity index (χ3n) is 2.75. The Kier molecular flexibility index (Phi) is 3.56. The van der Waals surface area contributed by atoms with E-state index >= 15 is 0 Å². The molecule has 0 N–H and O–H groups in total. The van der Waals surface area contributed by atoms with E-state index in [1.807, 2.05) is 0 Å². The van der Waals surface area contributed by atoms with Gasteiger partial charge in [-0.2, -0.15) is 31.1 Å². The number of rotatable bonds is 1. The van der Waals surface area contributed by atoms with E-state index in [0.29, 0.717) is 12.1 Å². The maximum atomic E-state index is 13.0. The first kappa shape index (κ1) is 15.1. The second-order valence-corrected chi connectivity index (χ2v) is 4.17. The van der Waals surface area contributed by atoms with Crippen LogP contribution in [0, 0.1) is 5.21 Å². The molecular formula is C13H7F6NO. The molecule has 0 fully saturated rings. The quantitative estimate of drug-likeness (QED) is 0.444. The van der Waals surface area contributed by atoms with Crippen molar-refractivity contribution in [3.63, 3.8) is 0 Å². The average molecular weight is 307 g/mol. The Morgan fingerprint density at radius 2 is 1.52 bits per heavy atom. The molecule has 0 unspecified atom stereocenters. The fourth-order valence-electron chi connectivity index (χ4n) is 1.82. The van der Waals surface area contributed by atoms with Gasteiger partial charge in [-0.05, 0) is 24.3 Å². The van der Waals surface area contributed by atoms with Crippen molar-refractivity contribution in [1.29, 1.82) is 0 Å². The van der Waals surface area contributed by atoms with Gasteiger partial charge in [-0.1, -0.05) is 0 Å². The maximum absolute atomic E-state index is 13.0. The third-order valence-corrected chi connectivity index (χ3v) is 2.75. The summed E-state index contributed by atoms with van der Waals surface area (Å²) >= 11 is 0. The summed E-state index contributed by atoms with van der Waals surface area (Å²) in [5.41, 5.74) is -3.91. The Hall–Kier alpha value is -2.25. The van der Waals surface area contributed by atoms with Crippen LogP contribution in [0.2, 0.25) is 0 Å². The van der Waals surface area contributed by atoms with E-state index in [4.69, 9.17) is 0 Å². The van der Waals surface area contributed by atoms with Gasteiger partial charge in [0.1, 0.15) is 0 Å². The fourth-order valence-corrected chi connectivity index (χ4v) is 1.82. The number of hydrogen-bond acceptors (Lipinski definition) is 1. The van der Waals surface area contributed by atoms with Crippen LogP contribution in [-0.4, -0.2) is 0 Å². The van der Waals surface area contributed by atoms with E-state index in [-0.39, 0.29) is 16.5 Å². The summed E-state index contributed by atoms with van der Waals surface area (Å²) < 4.78 is 76.6. The highest BCUT2D eigenvalue weighted by molar-refractivity contribution is 5.63. The van der Waals surface area contributed by atoms with Crippen molar-refractivity contribution in [3.8, 4) is 11.3 Å². The Labute approximate surface area is 114 Å². The lowest BCUT2D eigenvalue weighted by molar-refractivity contribution is -0.593. The van der Waals surface area contributed by atoms with Gasteiger partial charge in [-0.15, -0.1) is 0 Å². The van der Waals surface area contributed by atoms with Gasteiger partial charge in [0.25, 0.3) is 0 Å². The lowest BCUT2D eigenvalue weighted by atomic mass is 10.00. The van der Waals surface area contributed by atoms with Crippen molar-refractivity contribution >= 4 is 0 Å². The molecule has 1 aromatic carbocycles. The van der Waals surface area contributed by atoms with Gasteiger partial charge >= 0.3 is 12.4 Å². The molecule has 0 saturated heterocycles. The van der Waals surface area contributed by atoms with Crippen LogP contribution < -0.4 is 4.73 Å². The van der Waals surface area contributed by atoms with E-state index in [0.717, 1.165) is 12.3 Å². The smallest absolute Gasteiger partial charge is 0.417 e. The zero-order chi connectivity index (χ0) is 15.8. The Bertz CT molecular complexity index is 662. The van der Waals surface area contributed by atoms with Crippen LogP contribution in [0.5, 0.6) is 0 Å². The number of hydrogen-bond donors (Lipinski definition) is 0. The summed E-state index contributed by atoms with van der Waals surface area (Å²) in [6.07, 6.45) is -8.95. The zero-order valence-corrected chi connectivity index (χ0v) is 10.2. The molecule has 0 saturated carbocycles. The predicted octanol–water partition coefficient (Wildman–Crippen LogP) is 4.02. The number of nitrogens with zero attached hydrogens (tertiary/aromatic N) is 1. The molecule has 21 heavy (non-hydrogen) atoms. The first-order valence-corrected chi connectivity index (χ1v) is 5.57. The highest BCUT2D eigenvalue weighted by atomic mass is 19.4. The molecule has 0 atom stereocenters. The van der Waals surface area contributed by atoms with Crippen LogP contribution in [0.1, 0.15) is 11.1 Å². The van der Waals surface area contributed by atoms with Gasteiger partial charge in [0.2, 0.25) is 5.69 Å². The summed E-state index contributed by atoms with van der Waals surface area (Å²) in [5, 5.41) is 11.5. The largest absolute Gasteiger partial charge is 0.618 e. The summed E-state index contributed by atoms with van der Waals surface area (Å²) in [6, 6.07) is 4.88.